The minimum absolute atomic E-state index is 0.274. The highest BCUT2D eigenvalue weighted by Gasteiger charge is 2.30. The Balaban J connectivity index is 2.28. The van der Waals surface area contributed by atoms with Crippen LogP contribution in [0.25, 0.3) is 0 Å². The quantitative estimate of drug-likeness (QED) is 0.537. The van der Waals surface area contributed by atoms with Crippen molar-refractivity contribution in [1.29, 1.82) is 0 Å². The summed E-state index contributed by atoms with van der Waals surface area (Å²) in [5.41, 5.74) is 6.14. The number of hydrogen-bond donors (Lipinski definition) is 1. The summed E-state index contributed by atoms with van der Waals surface area (Å²) in [5, 5.41) is 0. The smallest absolute Gasteiger partial charge is 0.0616 e. The summed E-state index contributed by atoms with van der Waals surface area (Å²) >= 11 is 0. The van der Waals surface area contributed by atoms with Gasteiger partial charge in [-0.2, -0.15) is 0 Å². The van der Waals surface area contributed by atoms with E-state index in [4.69, 9.17) is 16.9 Å². The Morgan fingerprint density at radius 2 is 2.43 bits per heavy atom. The molecule has 3 unspecified atom stereocenters. The molecule has 1 aliphatic heterocycles. The Hall–Kier alpha value is -0.520. The molecule has 2 heteroatoms. The number of terminal acetylenes is 1. The molecule has 1 saturated heterocycles. The first-order chi connectivity index (χ1) is 6.79. The molecule has 1 fully saturated rings. The van der Waals surface area contributed by atoms with Crippen LogP contribution in [0, 0.1) is 18.3 Å². The molecule has 2 nitrogen and oxygen atoms in total. The van der Waals surface area contributed by atoms with Gasteiger partial charge in [-0.1, -0.05) is 6.92 Å². The van der Waals surface area contributed by atoms with Gasteiger partial charge in [-0.15, -0.1) is 12.3 Å². The summed E-state index contributed by atoms with van der Waals surface area (Å²) < 4.78 is 5.62. The number of hydrogen-bond acceptors (Lipinski definition) is 2. The van der Waals surface area contributed by atoms with Crippen LogP contribution in [0.15, 0.2) is 0 Å². The third-order valence-corrected chi connectivity index (χ3v) is 3.07. The average Bonchev–Trinajstić information content (AvgIpc) is 2.65. The molecule has 0 aromatic carbocycles. The lowest BCUT2D eigenvalue weighted by atomic mass is 9.89. The molecule has 3 atom stereocenters. The van der Waals surface area contributed by atoms with E-state index in [2.05, 4.69) is 12.8 Å². The molecule has 0 spiro atoms. The molecule has 0 aliphatic carbocycles. The lowest BCUT2D eigenvalue weighted by molar-refractivity contribution is 0.0804. The van der Waals surface area contributed by atoms with Gasteiger partial charge < -0.3 is 10.5 Å². The maximum Gasteiger partial charge on any atom is 0.0616 e. The van der Waals surface area contributed by atoms with Gasteiger partial charge in [0.1, 0.15) is 0 Å². The van der Waals surface area contributed by atoms with Gasteiger partial charge in [-0.05, 0) is 25.7 Å². The second kappa shape index (κ2) is 6.06. The summed E-state index contributed by atoms with van der Waals surface area (Å²) in [6.45, 7) is 3.04. The molecule has 1 aliphatic rings. The molecule has 1 rings (SSSR count). The van der Waals surface area contributed by atoms with Crippen molar-refractivity contribution in [2.75, 3.05) is 6.61 Å². The van der Waals surface area contributed by atoms with E-state index in [0.29, 0.717) is 12.0 Å². The molecule has 0 amide bonds. The van der Waals surface area contributed by atoms with E-state index in [1.807, 2.05) is 0 Å². The highest BCUT2D eigenvalue weighted by Crippen LogP contribution is 2.27. The van der Waals surface area contributed by atoms with Crippen LogP contribution in [0.4, 0.5) is 0 Å². The lowest BCUT2D eigenvalue weighted by Crippen LogP contribution is -2.35. The molecule has 2 N–H and O–H groups in total. The van der Waals surface area contributed by atoms with Gasteiger partial charge in [0.2, 0.25) is 0 Å². The van der Waals surface area contributed by atoms with E-state index in [1.54, 1.807) is 0 Å². The van der Waals surface area contributed by atoms with Gasteiger partial charge in [-0.25, -0.2) is 0 Å². The highest BCUT2D eigenvalue weighted by atomic mass is 16.5. The normalized spacial score (nSPS) is 28.6. The fraction of sp³-hybridized carbons (Fsp3) is 0.833. The number of nitrogens with two attached hydrogens (primary N) is 1. The first-order valence-electron chi connectivity index (χ1n) is 5.60. The third kappa shape index (κ3) is 3.01. The summed E-state index contributed by atoms with van der Waals surface area (Å²) in [7, 11) is 0. The molecule has 0 bridgehead atoms. The monoisotopic (exact) mass is 195 g/mol. The number of rotatable bonds is 5. The predicted molar refractivity (Wildman–Crippen MR) is 58.8 cm³/mol. The Morgan fingerprint density at radius 3 is 3.07 bits per heavy atom. The fourth-order valence-corrected chi connectivity index (χ4v) is 2.23. The molecule has 0 saturated carbocycles. The Morgan fingerprint density at radius 1 is 1.64 bits per heavy atom. The number of unbranched alkanes of at least 4 members (excludes halogenated alkanes) is 1. The second-order valence-electron chi connectivity index (χ2n) is 4.03. The SMILES string of the molecule is C#CCCCC(N)C1CCOC1CC. The molecule has 80 valence electrons. The van der Waals surface area contributed by atoms with E-state index in [-0.39, 0.29) is 6.04 Å². The van der Waals surface area contributed by atoms with Crippen LogP contribution in [0.5, 0.6) is 0 Å². The molecular formula is C12H21NO. The highest BCUT2D eigenvalue weighted by molar-refractivity contribution is 4.87. The largest absolute Gasteiger partial charge is 0.378 e. The van der Waals surface area contributed by atoms with Crippen molar-refractivity contribution in [3.05, 3.63) is 0 Å². The zero-order valence-corrected chi connectivity index (χ0v) is 9.04. The van der Waals surface area contributed by atoms with E-state index < -0.39 is 0 Å². The van der Waals surface area contributed by atoms with Gasteiger partial charge >= 0.3 is 0 Å². The van der Waals surface area contributed by atoms with Gasteiger partial charge in [0.15, 0.2) is 0 Å². The van der Waals surface area contributed by atoms with Crippen molar-refractivity contribution in [3.63, 3.8) is 0 Å². The second-order valence-corrected chi connectivity index (χ2v) is 4.03. The molecule has 0 aromatic rings. The van der Waals surface area contributed by atoms with Crippen molar-refractivity contribution in [3.8, 4) is 12.3 Å². The molecule has 0 aromatic heterocycles. The summed E-state index contributed by atoms with van der Waals surface area (Å²) in [6.07, 6.45) is 10.7. The van der Waals surface area contributed by atoms with Crippen molar-refractivity contribution >= 4 is 0 Å². The number of ether oxygens (including phenoxy) is 1. The third-order valence-electron chi connectivity index (χ3n) is 3.07. The molecular weight excluding hydrogens is 174 g/mol. The first kappa shape index (κ1) is 11.6. The maximum atomic E-state index is 6.14. The van der Waals surface area contributed by atoms with Gasteiger partial charge in [0, 0.05) is 25.0 Å². The van der Waals surface area contributed by atoms with Gasteiger partial charge in [0.25, 0.3) is 0 Å². The van der Waals surface area contributed by atoms with Crippen molar-refractivity contribution in [2.24, 2.45) is 11.7 Å². The summed E-state index contributed by atoms with van der Waals surface area (Å²) in [6, 6.07) is 0.274. The zero-order chi connectivity index (χ0) is 10.4. The van der Waals surface area contributed by atoms with E-state index >= 15 is 0 Å². The van der Waals surface area contributed by atoms with Crippen LogP contribution in [-0.2, 0) is 4.74 Å². The average molecular weight is 195 g/mol. The van der Waals surface area contributed by atoms with Crippen molar-refractivity contribution < 1.29 is 4.74 Å². The first-order valence-corrected chi connectivity index (χ1v) is 5.60. The van der Waals surface area contributed by atoms with Crippen molar-refractivity contribution in [1.82, 2.24) is 0 Å². The maximum absolute atomic E-state index is 6.14. The predicted octanol–water partition coefficient (Wildman–Crippen LogP) is 1.93. The minimum Gasteiger partial charge on any atom is -0.378 e. The lowest BCUT2D eigenvalue weighted by Gasteiger charge is -2.23. The Kier molecular flexibility index (Phi) is 5.00. The fourth-order valence-electron chi connectivity index (χ4n) is 2.23. The minimum atomic E-state index is 0.274. The van der Waals surface area contributed by atoms with Crippen molar-refractivity contribution in [2.45, 2.75) is 51.2 Å². The van der Waals surface area contributed by atoms with Crippen LogP contribution in [0.2, 0.25) is 0 Å². The van der Waals surface area contributed by atoms with E-state index in [0.717, 1.165) is 38.7 Å². The standard InChI is InChI=1S/C12H21NO/c1-3-5-6-7-11(13)10-8-9-14-12(10)4-2/h1,10-12H,4-9,13H2,2H3. The zero-order valence-electron chi connectivity index (χ0n) is 9.04. The van der Waals surface area contributed by atoms with E-state index in [1.165, 1.54) is 0 Å². The van der Waals surface area contributed by atoms with Crippen LogP contribution in [-0.4, -0.2) is 18.8 Å². The topological polar surface area (TPSA) is 35.2 Å². The summed E-state index contributed by atoms with van der Waals surface area (Å²) in [5.74, 6) is 3.21. The molecule has 0 radical (unpaired) electrons. The van der Waals surface area contributed by atoms with Gasteiger partial charge in [-0.3, -0.25) is 0 Å². The Bertz CT molecular complexity index is 197. The molecule has 14 heavy (non-hydrogen) atoms. The van der Waals surface area contributed by atoms with E-state index in [9.17, 15) is 0 Å². The Labute approximate surface area is 87.2 Å². The van der Waals surface area contributed by atoms with Gasteiger partial charge in [0.05, 0.1) is 6.10 Å². The summed E-state index contributed by atoms with van der Waals surface area (Å²) in [4.78, 5) is 0. The van der Waals surface area contributed by atoms with Crippen LogP contribution in [0.1, 0.15) is 39.0 Å². The van der Waals surface area contributed by atoms with Crippen LogP contribution >= 0.6 is 0 Å². The van der Waals surface area contributed by atoms with Crippen LogP contribution < -0.4 is 5.73 Å². The van der Waals surface area contributed by atoms with Crippen LogP contribution in [0.3, 0.4) is 0 Å². The molecule has 1 heterocycles.